The zero-order valence-electron chi connectivity index (χ0n) is 10.7. The van der Waals surface area contributed by atoms with Crippen LogP contribution in [0.5, 0.6) is 0 Å². The lowest BCUT2D eigenvalue weighted by molar-refractivity contribution is 0.0590. The minimum Gasteiger partial charge on any atom is -0.465 e. The van der Waals surface area contributed by atoms with Crippen molar-refractivity contribution in [3.05, 3.63) is 17.5 Å². The third kappa shape index (κ3) is 3.85. The Morgan fingerprint density at radius 3 is 2.88 bits per heavy atom. The first-order valence-electron chi connectivity index (χ1n) is 5.87. The third-order valence-electron chi connectivity index (χ3n) is 2.60. The van der Waals surface area contributed by atoms with Crippen molar-refractivity contribution in [2.24, 2.45) is 7.05 Å². The summed E-state index contributed by atoms with van der Waals surface area (Å²) in [6.07, 6.45) is 4.89. The summed E-state index contributed by atoms with van der Waals surface area (Å²) in [6.45, 7) is 3.25. The van der Waals surface area contributed by atoms with E-state index < -0.39 is 0 Å². The molecule has 1 heterocycles. The number of methoxy groups -OCH3 is 1. The molecule has 1 rings (SSSR count). The molecule has 0 aromatic carbocycles. The van der Waals surface area contributed by atoms with E-state index >= 15 is 0 Å². The highest BCUT2D eigenvalue weighted by atomic mass is 16.5. The first-order valence-corrected chi connectivity index (χ1v) is 5.87. The maximum absolute atomic E-state index is 11.5. The van der Waals surface area contributed by atoms with Crippen molar-refractivity contribution in [2.45, 2.75) is 32.8 Å². The number of carbonyl (C=O) groups is 1. The molecule has 5 nitrogen and oxygen atoms in total. The van der Waals surface area contributed by atoms with E-state index in [0.29, 0.717) is 18.8 Å². The average Bonchev–Trinajstić information content (AvgIpc) is 2.70. The summed E-state index contributed by atoms with van der Waals surface area (Å²) in [6, 6.07) is 0. The molecule has 5 heteroatoms. The van der Waals surface area contributed by atoms with E-state index in [4.69, 9.17) is 4.74 Å². The van der Waals surface area contributed by atoms with E-state index in [1.165, 1.54) is 19.7 Å². The molecule has 0 unspecified atom stereocenters. The monoisotopic (exact) mass is 240 g/mol. The van der Waals surface area contributed by atoms with Gasteiger partial charge in [0.05, 0.1) is 25.6 Å². The molecule has 17 heavy (non-hydrogen) atoms. The van der Waals surface area contributed by atoms with Gasteiger partial charge in [-0.05, 0) is 6.42 Å². The Labute approximate surface area is 102 Å². The number of aryl methyl sites for hydroxylation is 1. The first-order chi connectivity index (χ1) is 8.20. The second-order valence-corrected chi connectivity index (χ2v) is 3.88. The zero-order valence-corrected chi connectivity index (χ0v) is 10.7. The van der Waals surface area contributed by atoms with Gasteiger partial charge in [-0.1, -0.05) is 19.8 Å². The molecule has 1 aromatic rings. The molecule has 1 aromatic heterocycles. The fraction of sp³-hybridized carbons (Fsp3) is 0.667. The Kier molecular flexibility index (Phi) is 5.69. The molecular formula is C12H20N2O3. The summed E-state index contributed by atoms with van der Waals surface area (Å²) in [4.78, 5) is 11.5. The number of hydrogen-bond donors (Lipinski definition) is 0. The largest absolute Gasteiger partial charge is 0.465 e. The highest BCUT2D eigenvalue weighted by molar-refractivity contribution is 5.90. The highest BCUT2D eigenvalue weighted by Gasteiger charge is 2.16. The van der Waals surface area contributed by atoms with E-state index in [1.54, 1.807) is 11.7 Å². The molecule has 0 radical (unpaired) electrons. The number of rotatable bonds is 7. The lowest BCUT2D eigenvalue weighted by Crippen LogP contribution is -2.09. The van der Waals surface area contributed by atoms with Crippen molar-refractivity contribution in [2.75, 3.05) is 13.7 Å². The predicted molar refractivity (Wildman–Crippen MR) is 63.7 cm³/mol. The Hall–Kier alpha value is -1.36. The van der Waals surface area contributed by atoms with E-state index in [1.807, 2.05) is 0 Å². The van der Waals surface area contributed by atoms with Gasteiger partial charge in [0.1, 0.15) is 5.56 Å². The van der Waals surface area contributed by atoms with Crippen LogP contribution in [-0.2, 0) is 23.1 Å². The fourth-order valence-electron chi connectivity index (χ4n) is 1.54. The smallest absolute Gasteiger partial charge is 0.341 e. The van der Waals surface area contributed by atoms with Gasteiger partial charge in [0.25, 0.3) is 0 Å². The van der Waals surface area contributed by atoms with Crippen LogP contribution in [-0.4, -0.2) is 29.5 Å². The lowest BCUT2D eigenvalue weighted by Gasteiger charge is -2.06. The Morgan fingerprint density at radius 1 is 1.47 bits per heavy atom. The predicted octanol–water partition coefficient (Wildman–Crippen LogP) is 1.91. The third-order valence-corrected chi connectivity index (χ3v) is 2.60. The number of unbranched alkanes of at least 4 members (excludes halogenated alkanes) is 2. The number of aromatic nitrogens is 2. The van der Waals surface area contributed by atoms with Gasteiger partial charge in [0, 0.05) is 13.7 Å². The van der Waals surface area contributed by atoms with Crippen molar-refractivity contribution in [3.63, 3.8) is 0 Å². The van der Waals surface area contributed by atoms with Crippen LogP contribution in [0.15, 0.2) is 6.20 Å². The van der Waals surface area contributed by atoms with Crippen LogP contribution in [0.25, 0.3) is 0 Å². The van der Waals surface area contributed by atoms with E-state index in [0.717, 1.165) is 18.5 Å². The molecule has 0 aliphatic heterocycles. The Bertz CT molecular complexity index is 361. The maximum Gasteiger partial charge on any atom is 0.341 e. The molecule has 0 N–H and O–H groups in total. The number of esters is 1. The number of hydrogen-bond acceptors (Lipinski definition) is 4. The van der Waals surface area contributed by atoms with Gasteiger partial charge in [-0.25, -0.2) is 4.79 Å². The normalized spacial score (nSPS) is 10.5. The molecule has 0 saturated carbocycles. The molecule has 0 aliphatic carbocycles. The summed E-state index contributed by atoms with van der Waals surface area (Å²) >= 11 is 0. The molecule has 96 valence electrons. The van der Waals surface area contributed by atoms with Crippen LogP contribution in [0, 0.1) is 0 Å². The molecule has 0 fully saturated rings. The molecule has 0 saturated heterocycles. The van der Waals surface area contributed by atoms with Gasteiger partial charge >= 0.3 is 5.97 Å². The molecule has 0 aliphatic rings. The zero-order chi connectivity index (χ0) is 12.7. The van der Waals surface area contributed by atoms with E-state index in [9.17, 15) is 4.79 Å². The minimum absolute atomic E-state index is 0.370. The topological polar surface area (TPSA) is 53.4 Å². The second kappa shape index (κ2) is 7.06. The Morgan fingerprint density at radius 2 is 2.24 bits per heavy atom. The first kappa shape index (κ1) is 13.7. The van der Waals surface area contributed by atoms with Crippen molar-refractivity contribution >= 4 is 5.97 Å². The van der Waals surface area contributed by atoms with Crippen molar-refractivity contribution in [3.8, 4) is 0 Å². The second-order valence-electron chi connectivity index (χ2n) is 3.88. The van der Waals surface area contributed by atoms with Crippen LogP contribution in [0.3, 0.4) is 0 Å². The SMILES string of the molecule is CCCCCOCc1c(C(=O)OC)cnn1C. The number of nitrogens with zero attached hydrogens (tertiary/aromatic N) is 2. The molecule has 0 atom stereocenters. The summed E-state index contributed by atoms with van der Waals surface area (Å²) in [5.41, 5.74) is 1.24. The number of ether oxygens (including phenoxy) is 2. The van der Waals surface area contributed by atoms with Crippen LogP contribution < -0.4 is 0 Å². The Balaban J connectivity index is 2.51. The van der Waals surface area contributed by atoms with Gasteiger partial charge in [0.15, 0.2) is 0 Å². The van der Waals surface area contributed by atoms with Crippen LogP contribution in [0.1, 0.15) is 42.2 Å². The number of carbonyl (C=O) groups excluding carboxylic acids is 1. The van der Waals surface area contributed by atoms with Gasteiger partial charge in [-0.2, -0.15) is 5.10 Å². The van der Waals surface area contributed by atoms with Crippen LogP contribution in [0.4, 0.5) is 0 Å². The molecule has 0 amide bonds. The van der Waals surface area contributed by atoms with Crippen LogP contribution in [0.2, 0.25) is 0 Å². The summed E-state index contributed by atoms with van der Waals surface area (Å²) in [5, 5.41) is 4.04. The average molecular weight is 240 g/mol. The van der Waals surface area contributed by atoms with Gasteiger partial charge in [0.2, 0.25) is 0 Å². The van der Waals surface area contributed by atoms with Crippen molar-refractivity contribution in [1.82, 2.24) is 9.78 Å². The molecule has 0 spiro atoms. The summed E-state index contributed by atoms with van der Waals surface area (Å²) < 4.78 is 11.9. The standard InChI is InChI=1S/C12H20N2O3/c1-4-5-6-7-17-9-11-10(12(15)16-3)8-13-14(11)2/h8H,4-7,9H2,1-3H3. The lowest BCUT2D eigenvalue weighted by atomic mass is 10.2. The minimum atomic E-state index is -0.370. The van der Waals surface area contributed by atoms with Crippen LogP contribution >= 0.6 is 0 Å². The molecule has 0 bridgehead atoms. The summed E-state index contributed by atoms with van der Waals surface area (Å²) in [7, 11) is 3.15. The van der Waals surface area contributed by atoms with Crippen molar-refractivity contribution in [1.29, 1.82) is 0 Å². The highest BCUT2D eigenvalue weighted by Crippen LogP contribution is 2.10. The van der Waals surface area contributed by atoms with Gasteiger partial charge in [-0.3, -0.25) is 4.68 Å². The van der Waals surface area contributed by atoms with E-state index in [-0.39, 0.29) is 5.97 Å². The van der Waals surface area contributed by atoms with Gasteiger partial charge in [-0.15, -0.1) is 0 Å². The van der Waals surface area contributed by atoms with Gasteiger partial charge < -0.3 is 9.47 Å². The van der Waals surface area contributed by atoms with Crippen molar-refractivity contribution < 1.29 is 14.3 Å². The summed E-state index contributed by atoms with van der Waals surface area (Å²) in [5.74, 6) is -0.370. The quantitative estimate of drug-likeness (QED) is 0.539. The maximum atomic E-state index is 11.5. The van der Waals surface area contributed by atoms with E-state index in [2.05, 4.69) is 16.8 Å². The molecular weight excluding hydrogens is 220 g/mol. The fourth-order valence-corrected chi connectivity index (χ4v) is 1.54.